The Morgan fingerprint density at radius 1 is 1.00 bits per heavy atom. The Kier molecular flexibility index (Phi) is 3.88. The van der Waals surface area contributed by atoms with Gasteiger partial charge in [-0.1, -0.05) is 6.07 Å². The van der Waals surface area contributed by atoms with Crippen LogP contribution >= 0.6 is 0 Å². The quantitative estimate of drug-likeness (QED) is 0.781. The molecule has 0 aliphatic carbocycles. The summed E-state index contributed by atoms with van der Waals surface area (Å²) in [6.45, 7) is 6.16. The van der Waals surface area contributed by atoms with E-state index in [2.05, 4.69) is 16.5 Å². The van der Waals surface area contributed by atoms with E-state index >= 15 is 0 Å². The number of anilines is 1. The number of hydrogen-bond acceptors (Lipinski definition) is 4. The number of carbonyl (C=O) groups excluding carboxylic acids is 1. The van der Waals surface area contributed by atoms with Gasteiger partial charge < -0.3 is 14.8 Å². The van der Waals surface area contributed by atoms with Gasteiger partial charge in [-0.2, -0.15) is 5.10 Å². The molecule has 0 unspecified atom stereocenters. The summed E-state index contributed by atoms with van der Waals surface area (Å²) in [5.41, 5.74) is 4.52. The normalized spacial score (nSPS) is 12.3. The maximum absolute atomic E-state index is 12.7. The van der Waals surface area contributed by atoms with Gasteiger partial charge in [0.2, 0.25) is 6.79 Å². The SMILES string of the molecule is Cc1cc(C)cc(-n2nc(C)cc2NC(=O)c2ccc3c(c2)OCO3)c1. The number of nitrogens with one attached hydrogen (secondary N) is 1. The number of nitrogens with zero attached hydrogens (tertiary/aromatic N) is 2. The lowest BCUT2D eigenvalue weighted by molar-refractivity contribution is 0.102. The van der Waals surface area contributed by atoms with Crippen LogP contribution in [0.5, 0.6) is 11.5 Å². The van der Waals surface area contributed by atoms with Crippen LogP contribution in [0, 0.1) is 20.8 Å². The monoisotopic (exact) mass is 349 g/mol. The summed E-state index contributed by atoms with van der Waals surface area (Å²) in [6.07, 6.45) is 0. The van der Waals surface area contributed by atoms with Gasteiger partial charge in [-0.05, 0) is 62.2 Å². The van der Waals surface area contributed by atoms with Crippen LogP contribution in [0.3, 0.4) is 0 Å². The summed E-state index contributed by atoms with van der Waals surface area (Å²) in [5.74, 6) is 1.62. The van der Waals surface area contributed by atoms with Gasteiger partial charge in [0, 0.05) is 11.6 Å². The number of fused-ring (bicyclic) bond motifs is 1. The van der Waals surface area contributed by atoms with Gasteiger partial charge in [0.15, 0.2) is 11.5 Å². The highest BCUT2D eigenvalue weighted by Crippen LogP contribution is 2.32. The maximum atomic E-state index is 12.7. The number of rotatable bonds is 3. The largest absolute Gasteiger partial charge is 0.454 e. The second kappa shape index (κ2) is 6.22. The number of ether oxygens (including phenoxy) is 2. The van der Waals surface area contributed by atoms with Crippen LogP contribution in [0.2, 0.25) is 0 Å². The fraction of sp³-hybridized carbons (Fsp3) is 0.200. The third kappa shape index (κ3) is 3.01. The molecule has 3 aromatic rings. The van der Waals surface area contributed by atoms with Crippen molar-refractivity contribution in [2.45, 2.75) is 20.8 Å². The van der Waals surface area contributed by atoms with Crippen LogP contribution in [0.25, 0.3) is 5.69 Å². The Balaban J connectivity index is 1.65. The van der Waals surface area contributed by atoms with Crippen molar-refractivity contribution in [3.63, 3.8) is 0 Å². The smallest absolute Gasteiger partial charge is 0.256 e. The van der Waals surface area contributed by atoms with Crippen LogP contribution in [-0.2, 0) is 0 Å². The Hall–Kier alpha value is -3.28. The van der Waals surface area contributed by atoms with Crippen molar-refractivity contribution in [3.8, 4) is 17.2 Å². The van der Waals surface area contributed by atoms with Gasteiger partial charge in [0.1, 0.15) is 5.82 Å². The minimum atomic E-state index is -0.228. The topological polar surface area (TPSA) is 65.4 Å². The van der Waals surface area contributed by atoms with E-state index in [9.17, 15) is 4.79 Å². The minimum absolute atomic E-state index is 0.180. The fourth-order valence-corrected chi connectivity index (χ4v) is 3.08. The zero-order valence-electron chi connectivity index (χ0n) is 14.9. The molecule has 132 valence electrons. The molecule has 1 N–H and O–H groups in total. The first-order chi connectivity index (χ1) is 12.5. The van der Waals surface area contributed by atoms with Crippen LogP contribution < -0.4 is 14.8 Å². The van der Waals surface area contributed by atoms with Crippen molar-refractivity contribution in [3.05, 3.63) is 64.8 Å². The predicted octanol–water partition coefficient (Wildman–Crippen LogP) is 3.78. The van der Waals surface area contributed by atoms with Crippen molar-refractivity contribution < 1.29 is 14.3 Å². The second-order valence-electron chi connectivity index (χ2n) is 6.45. The van der Waals surface area contributed by atoms with Crippen molar-refractivity contribution in [2.24, 2.45) is 0 Å². The molecule has 1 aliphatic rings. The molecule has 6 nitrogen and oxygen atoms in total. The standard InChI is InChI=1S/C20H19N3O3/c1-12-6-13(2)8-16(7-12)23-19(9-14(3)22-23)21-20(24)15-4-5-17-18(10-15)26-11-25-17/h4-10H,11H2,1-3H3,(H,21,24). The molecule has 0 saturated heterocycles. The summed E-state index contributed by atoms with van der Waals surface area (Å²) in [6, 6.07) is 13.2. The predicted molar refractivity (Wildman–Crippen MR) is 98.3 cm³/mol. The van der Waals surface area contributed by atoms with Crippen LogP contribution in [0.4, 0.5) is 5.82 Å². The molecule has 6 heteroatoms. The third-order valence-corrected chi connectivity index (χ3v) is 4.16. The first kappa shape index (κ1) is 16.2. The van der Waals surface area contributed by atoms with Gasteiger partial charge in [-0.3, -0.25) is 4.79 Å². The lowest BCUT2D eigenvalue weighted by atomic mass is 10.1. The van der Waals surface area contributed by atoms with Crippen molar-refractivity contribution >= 4 is 11.7 Å². The molecule has 26 heavy (non-hydrogen) atoms. The number of aryl methyl sites for hydroxylation is 3. The maximum Gasteiger partial charge on any atom is 0.256 e. The Bertz CT molecular complexity index is 987. The molecular weight excluding hydrogens is 330 g/mol. The number of hydrogen-bond donors (Lipinski definition) is 1. The summed E-state index contributed by atoms with van der Waals surface area (Å²) >= 11 is 0. The van der Waals surface area contributed by atoms with E-state index in [1.165, 1.54) is 0 Å². The molecule has 0 spiro atoms. The molecule has 0 fully saturated rings. The Morgan fingerprint density at radius 2 is 1.73 bits per heavy atom. The first-order valence-electron chi connectivity index (χ1n) is 8.36. The average molecular weight is 349 g/mol. The summed E-state index contributed by atoms with van der Waals surface area (Å²) in [5, 5.41) is 7.47. The third-order valence-electron chi connectivity index (χ3n) is 4.16. The summed E-state index contributed by atoms with van der Waals surface area (Å²) in [4.78, 5) is 12.7. The molecule has 1 aromatic heterocycles. The highest BCUT2D eigenvalue weighted by Gasteiger charge is 2.18. The van der Waals surface area contributed by atoms with E-state index < -0.39 is 0 Å². The molecule has 1 aliphatic heterocycles. The van der Waals surface area contributed by atoms with Crippen molar-refractivity contribution in [1.29, 1.82) is 0 Å². The molecule has 1 amide bonds. The number of aromatic nitrogens is 2. The molecular formula is C20H19N3O3. The van der Waals surface area contributed by atoms with Crippen molar-refractivity contribution in [2.75, 3.05) is 12.1 Å². The zero-order chi connectivity index (χ0) is 18.3. The minimum Gasteiger partial charge on any atom is -0.454 e. The number of carbonyl (C=O) groups is 1. The van der Waals surface area contributed by atoms with E-state index in [0.717, 1.165) is 22.5 Å². The lowest BCUT2D eigenvalue weighted by Crippen LogP contribution is -2.15. The highest BCUT2D eigenvalue weighted by atomic mass is 16.7. The van der Waals surface area contributed by atoms with Gasteiger partial charge in [-0.25, -0.2) is 4.68 Å². The van der Waals surface area contributed by atoms with Gasteiger partial charge in [0.25, 0.3) is 5.91 Å². The van der Waals surface area contributed by atoms with E-state index in [1.807, 2.05) is 39.0 Å². The van der Waals surface area contributed by atoms with E-state index in [4.69, 9.17) is 9.47 Å². The summed E-state index contributed by atoms with van der Waals surface area (Å²) in [7, 11) is 0. The van der Waals surface area contributed by atoms with E-state index in [0.29, 0.717) is 22.9 Å². The molecule has 0 atom stereocenters. The van der Waals surface area contributed by atoms with E-state index in [1.54, 1.807) is 22.9 Å². The molecule has 0 saturated carbocycles. The van der Waals surface area contributed by atoms with E-state index in [-0.39, 0.29) is 12.7 Å². The number of amides is 1. The first-order valence-corrected chi connectivity index (χ1v) is 8.36. The zero-order valence-corrected chi connectivity index (χ0v) is 14.9. The molecule has 2 heterocycles. The Labute approximate surface area is 151 Å². The molecule has 4 rings (SSSR count). The van der Waals surface area contributed by atoms with Gasteiger partial charge in [0.05, 0.1) is 11.4 Å². The summed E-state index contributed by atoms with van der Waals surface area (Å²) < 4.78 is 12.4. The average Bonchev–Trinajstić information content (AvgIpc) is 3.19. The van der Waals surface area contributed by atoms with Gasteiger partial charge >= 0.3 is 0 Å². The lowest BCUT2D eigenvalue weighted by Gasteiger charge is -2.11. The fourth-order valence-electron chi connectivity index (χ4n) is 3.08. The number of benzene rings is 2. The van der Waals surface area contributed by atoms with Crippen LogP contribution in [0.1, 0.15) is 27.2 Å². The molecule has 2 aromatic carbocycles. The van der Waals surface area contributed by atoms with Gasteiger partial charge in [-0.15, -0.1) is 0 Å². The molecule has 0 radical (unpaired) electrons. The molecule has 0 bridgehead atoms. The Morgan fingerprint density at radius 3 is 2.50 bits per heavy atom. The van der Waals surface area contributed by atoms with Crippen LogP contribution in [0.15, 0.2) is 42.5 Å². The highest BCUT2D eigenvalue weighted by molar-refractivity contribution is 6.04. The van der Waals surface area contributed by atoms with Crippen molar-refractivity contribution in [1.82, 2.24) is 9.78 Å². The second-order valence-corrected chi connectivity index (χ2v) is 6.45. The van der Waals surface area contributed by atoms with Crippen LogP contribution in [-0.4, -0.2) is 22.5 Å².